The maximum absolute atomic E-state index is 12.3. The molecule has 2 heterocycles. The number of carbonyl (C=O) groups excluding carboxylic acids is 1. The van der Waals surface area contributed by atoms with Crippen molar-refractivity contribution in [3.63, 3.8) is 0 Å². The molecule has 0 saturated heterocycles. The lowest BCUT2D eigenvalue weighted by molar-refractivity contribution is -0.110. The molecule has 0 radical (unpaired) electrons. The number of carbonyl (C=O) groups is 1. The fraction of sp³-hybridized carbons (Fsp3) is 0.0556. The van der Waals surface area contributed by atoms with Crippen LogP contribution in [0.4, 0.5) is 5.69 Å². The highest BCUT2D eigenvalue weighted by Gasteiger charge is 2.24. The van der Waals surface area contributed by atoms with E-state index >= 15 is 0 Å². The molecule has 23 heavy (non-hydrogen) atoms. The van der Waals surface area contributed by atoms with Gasteiger partial charge in [-0.3, -0.25) is 4.79 Å². The number of fused-ring (bicyclic) bond motifs is 2. The SMILES string of the molecule is COc1ccc2[nH]c(Cl)c(/C=C3\C(=O)Nc4ccccc43)c2c1. The van der Waals surface area contributed by atoms with E-state index in [2.05, 4.69) is 10.3 Å². The lowest BCUT2D eigenvalue weighted by Crippen LogP contribution is -2.03. The number of benzene rings is 2. The van der Waals surface area contributed by atoms with Crippen LogP contribution in [0.5, 0.6) is 5.75 Å². The van der Waals surface area contributed by atoms with E-state index in [0.29, 0.717) is 10.7 Å². The molecule has 0 fully saturated rings. The van der Waals surface area contributed by atoms with Gasteiger partial charge in [-0.25, -0.2) is 0 Å². The lowest BCUT2D eigenvalue weighted by atomic mass is 10.0. The van der Waals surface area contributed by atoms with Crippen molar-refractivity contribution in [3.05, 3.63) is 58.7 Å². The maximum Gasteiger partial charge on any atom is 0.256 e. The quantitative estimate of drug-likeness (QED) is 0.690. The number of amides is 1. The Morgan fingerprint density at radius 1 is 1.17 bits per heavy atom. The van der Waals surface area contributed by atoms with Crippen LogP contribution in [-0.4, -0.2) is 18.0 Å². The van der Waals surface area contributed by atoms with Gasteiger partial charge in [0.2, 0.25) is 0 Å². The molecule has 3 aromatic rings. The largest absolute Gasteiger partial charge is 0.497 e. The Labute approximate surface area is 137 Å². The summed E-state index contributed by atoms with van der Waals surface area (Å²) in [5.41, 5.74) is 3.98. The summed E-state index contributed by atoms with van der Waals surface area (Å²) in [4.78, 5) is 15.4. The van der Waals surface area contributed by atoms with Crippen molar-refractivity contribution in [2.24, 2.45) is 0 Å². The fourth-order valence-corrected chi connectivity index (χ4v) is 3.11. The Kier molecular flexibility index (Phi) is 3.13. The van der Waals surface area contributed by atoms with E-state index in [1.54, 1.807) is 7.11 Å². The highest BCUT2D eigenvalue weighted by atomic mass is 35.5. The number of hydrogen-bond acceptors (Lipinski definition) is 2. The molecule has 1 amide bonds. The third-order valence-electron chi connectivity index (χ3n) is 4.00. The van der Waals surface area contributed by atoms with E-state index in [-0.39, 0.29) is 5.91 Å². The van der Waals surface area contributed by atoms with Crippen LogP contribution in [0.3, 0.4) is 0 Å². The zero-order valence-corrected chi connectivity index (χ0v) is 13.1. The number of methoxy groups -OCH3 is 1. The van der Waals surface area contributed by atoms with E-state index in [1.165, 1.54) is 0 Å². The number of para-hydroxylation sites is 1. The first-order chi connectivity index (χ1) is 11.2. The van der Waals surface area contributed by atoms with Crippen molar-refractivity contribution in [2.45, 2.75) is 0 Å². The molecule has 0 spiro atoms. The van der Waals surface area contributed by atoms with E-state index in [1.807, 2.05) is 48.5 Å². The van der Waals surface area contributed by atoms with E-state index in [4.69, 9.17) is 16.3 Å². The summed E-state index contributed by atoms with van der Waals surface area (Å²) in [5.74, 6) is 0.614. The van der Waals surface area contributed by atoms with Crippen LogP contribution in [-0.2, 0) is 4.79 Å². The average molecular weight is 325 g/mol. The van der Waals surface area contributed by atoms with Crippen molar-refractivity contribution >= 4 is 45.7 Å². The zero-order valence-electron chi connectivity index (χ0n) is 12.3. The fourth-order valence-electron chi connectivity index (χ4n) is 2.85. The second kappa shape index (κ2) is 5.18. The predicted molar refractivity (Wildman–Crippen MR) is 92.8 cm³/mol. The van der Waals surface area contributed by atoms with Gasteiger partial charge in [-0.1, -0.05) is 29.8 Å². The second-order valence-corrected chi connectivity index (χ2v) is 5.70. The summed E-state index contributed by atoms with van der Waals surface area (Å²) in [7, 11) is 1.62. The van der Waals surface area contributed by atoms with Crippen molar-refractivity contribution < 1.29 is 9.53 Å². The van der Waals surface area contributed by atoms with Gasteiger partial charge in [-0.15, -0.1) is 0 Å². The summed E-state index contributed by atoms with van der Waals surface area (Å²) >= 11 is 6.34. The van der Waals surface area contributed by atoms with Crippen LogP contribution in [0, 0.1) is 0 Å². The van der Waals surface area contributed by atoms with Gasteiger partial charge < -0.3 is 15.0 Å². The van der Waals surface area contributed by atoms with Crippen LogP contribution >= 0.6 is 11.6 Å². The Hall–Kier alpha value is -2.72. The predicted octanol–water partition coefficient (Wildman–Crippen LogP) is 4.32. The molecule has 0 bridgehead atoms. The normalized spacial score (nSPS) is 15.0. The Balaban J connectivity index is 1.93. The molecule has 0 unspecified atom stereocenters. The standard InChI is InChI=1S/C18H13ClN2O2/c1-23-10-6-7-16-12(8-10)13(17(19)20-16)9-14-11-4-2-3-5-15(11)21-18(14)22/h2-9,20H,1H3,(H,21,22)/b14-9-. The highest BCUT2D eigenvalue weighted by Crippen LogP contribution is 2.36. The lowest BCUT2D eigenvalue weighted by Gasteiger charge is -2.01. The number of nitrogens with one attached hydrogen (secondary N) is 2. The Morgan fingerprint density at radius 2 is 2.00 bits per heavy atom. The number of H-pyrrole nitrogens is 1. The second-order valence-electron chi connectivity index (χ2n) is 5.32. The Morgan fingerprint density at radius 3 is 2.83 bits per heavy atom. The molecule has 0 saturated carbocycles. The summed E-state index contributed by atoms with van der Waals surface area (Å²) in [5, 5.41) is 4.28. The molecular formula is C18H13ClN2O2. The first-order valence-electron chi connectivity index (χ1n) is 7.15. The minimum absolute atomic E-state index is 0.125. The van der Waals surface area contributed by atoms with Crippen LogP contribution in [0.25, 0.3) is 22.6 Å². The van der Waals surface area contributed by atoms with E-state index in [0.717, 1.165) is 33.5 Å². The number of halogens is 1. The number of ether oxygens (including phenoxy) is 1. The molecule has 4 nitrogen and oxygen atoms in total. The van der Waals surface area contributed by atoms with Crippen LogP contribution in [0.1, 0.15) is 11.1 Å². The summed E-state index contributed by atoms with van der Waals surface area (Å²) < 4.78 is 5.28. The van der Waals surface area contributed by atoms with Crippen LogP contribution < -0.4 is 10.1 Å². The molecule has 2 N–H and O–H groups in total. The van der Waals surface area contributed by atoms with E-state index in [9.17, 15) is 4.79 Å². The van der Waals surface area contributed by atoms with Gasteiger partial charge in [0.25, 0.3) is 5.91 Å². The Bertz CT molecular complexity index is 972. The maximum atomic E-state index is 12.3. The van der Waals surface area contributed by atoms with Crippen molar-refractivity contribution in [3.8, 4) is 5.75 Å². The minimum atomic E-state index is -0.125. The van der Waals surface area contributed by atoms with E-state index < -0.39 is 0 Å². The van der Waals surface area contributed by atoms with Gasteiger partial charge in [0.15, 0.2) is 0 Å². The van der Waals surface area contributed by atoms with Gasteiger partial charge >= 0.3 is 0 Å². The van der Waals surface area contributed by atoms with Gasteiger partial charge in [0.1, 0.15) is 10.9 Å². The number of anilines is 1. The van der Waals surface area contributed by atoms with Gasteiger partial charge in [0, 0.05) is 33.3 Å². The number of aromatic amines is 1. The monoisotopic (exact) mass is 324 g/mol. The van der Waals surface area contributed by atoms with Crippen LogP contribution in [0.2, 0.25) is 5.15 Å². The smallest absolute Gasteiger partial charge is 0.256 e. The molecule has 2 aromatic carbocycles. The molecule has 114 valence electrons. The molecule has 5 heteroatoms. The minimum Gasteiger partial charge on any atom is -0.497 e. The zero-order chi connectivity index (χ0) is 16.0. The third-order valence-corrected chi connectivity index (χ3v) is 4.29. The highest BCUT2D eigenvalue weighted by molar-refractivity contribution is 6.38. The first-order valence-corrected chi connectivity index (χ1v) is 7.53. The molecule has 4 rings (SSSR count). The molecule has 1 aliphatic heterocycles. The topological polar surface area (TPSA) is 54.1 Å². The van der Waals surface area contributed by atoms with Gasteiger partial charge in [-0.2, -0.15) is 0 Å². The van der Waals surface area contributed by atoms with Gasteiger partial charge in [-0.05, 0) is 30.3 Å². The summed E-state index contributed by atoms with van der Waals surface area (Å²) in [6, 6.07) is 13.3. The first kappa shape index (κ1) is 13.9. The number of rotatable bonds is 2. The molecule has 1 aliphatic rings. The molecular weight excluding hydrogens is 312 g/mol. The number of hydrogen-bond donors (Lipinski definition) is 2. The summed E-state index contributed by atoms with van der Waals surface area (Å²) in [6.07, 6.45) is 1.82. The van der Waals surface area contributed by atoms with Crippen molar-refractivity contribution in [1.82, 2.24) is 4.98 Å². The summed E-state index contributed by atoms with van der Waals surface area (Å²) in [6.45, 7) is 0. The number of aromatic nitrogens is 1. The molecule has 0 atom stereocenters. The average Bonchev–Trinajstić information content (AvgIpc) is 3.04. The van der Waals surface area contributed by atoms with Crippen molar-refractivity contribution in [1.29, 1.82) is 0 Å². The van der Waals surface area contributed by atoms with Crippen LogP contribution in [0.15, 0.2) is 42.5 Å². The van der Waals surface area contributed by atoms with Crippen molar-refractivity contribution in [2.75, 3.05) is 12.4 Å². The molecule has 1 aromatic heterocycles. The third kappa shape index (κ3) is 2.19. The van der Waals surface area contributed by atoms with Gasteiger partial charge in [0.05, 0.1) is 7.11 Å². The molecule has 0 aliphatic carbocycles.